The third-order valence-corrected chi connectivity index (χ3v) is 17.9. The van der Waals surface area contributed by atoms with E-state index in [4.69, 9.17) is 9.47 Å². The monoisotopic (exact) mass is 949 g/mol. The highest BCUT2D eigenvalue weighted by Gasteiger charge is 2.41. The zero-order valence-electron chi connectivity index (χ0n) is 39.8. The summed E-state index contributed by atoms with van der Waals surface area (Å²) in [7, 11) is 0. The van der Waals surface area contributed by atoms with Gasteiger partial charge in [0.05, 0.1) is 0 Å². The second-order valence-corrected chi connectivity index (χ2v) is 22.1. The van der Waals surface area contributed by atoms with Gasteiger partial charge in [0.1, 0.15) is 0 Å². The molecule has 14 rings (SSSR count). The normalized spacial score (nSPS) is 14.5. The lowest BCUT2D eigenvalue weighted by Gasteiger charge is -2.27. The van der Waals surface area contributed by atoms with Crippen LogP contribution in [0.5, 0.6) is 23.0 Å². The molecule has 0 bridgehead atoms. The Morgan fingerprint density at radius 2 is 0.817 bits per heavy atom. The number of hydrogen-bond acceptors (Lipinski definition) is 5. The van der Waals surface area contributed by atoms with E-state index in [1.165, 1.54) is 80.8 Å². The van der Waals surface area contributed by atoms with Gasteiger partial charge in [-0.05, 0) is 122 Å². The summed E-state index contributed by atoms with van der Waals surface area (Å²) in [6.07, 6.45) is 0. The molecule has 0 aromatic heterocycles. The van der Waals surface area contributed by atoms with Crippen LogP contribution in [0.3, 0.4) is 0 Å². The van der Waals surface area contributed by atoms with E-state index in [-0.39, 0.29) is 10.8 Å². The number of anilines is 3. The summed E-state index contributed by atoms with van der Waals surface area (Å²) in [5, 5.41) is 0. The Morgan fingerprint density at radius 3 is 1.49 bits per heavy atom. The van der Waals surface area contributed by atoms with Crippen molar-refractivity contribution in [3.05, 3.63) is 235 Å². The molecule has 0 N–H and O–H groups in total. The van der Waals surface area contributed by atoms with Crippen molar-refractivity contribution in [2.24, 2.45) is 0 Å². The molecule has 2 aliphatic heterocycles. The third-order valence-electron chi connectivity index (χ3n) is 15.2. The minimum Gasteiger partial charge on any atom is -0.449 e. The van der Waals surface area contributed by atoms with Crippen LogP contribution in [-0.2, 0) is 10.8 Å². The summed E-state index contributed by atoms with van der Waals surface area (Å²) in [6.45, 7) is 9.32. The summed E-state index contributed by atoms with van der Waals surface area (Å²) in [4.78, 5) is 7.67. The number of hydrogen-bond donors (Lipinski definition) is 0. The van der Waals surface area contributed by atoms with Gasteiger partial charge in [0, 0.05) is 64.2 Å². The maximum atomic E-state index is 7.02. The maximum Gasteiger partial charge on any atom is 0.178 e. The summed E-state index contributed by atoms with van der Waals surface area (Å²) in [6, 6.07) is 77.1. The fourth-order valence-corrected chi connectivity index (χ4v) is 14.2. The van der Waals surface area contributed by atoms with Crippen LogP contribution in [0.4, 0.5) is 17.1 Å². The lowest BCUT2D eigenvalue weighted by Crippen LogP contribution is -2.15. The SMILES string of the molecule is CC1(C)c2ccccc2-c2c1ccc1c2Oc2c(cccc2-c2ccc(N(c3ccc(-c4ccccc4)cc3)c3ccc(-c4cccc5c4Sc4c(ccc6c4-c4ccccc4C6(C)C)S5)cc3)cc2)O1. The van der Waals surface area contributed by atoms with Gasteiger partial charge in [0.25, 0.3) is 0 Å². The molecule has 10 aromatic rings. The minimum absolute atomic E-state index is 0.0426. The first-order valence-electron chi connectivity index (χ1n) is 24.4. The van der Waals surface area contributed by atoms with Crippen molar-refractivity contribution in [1.29, 1.82) is 0 Å². The van der Waals surface area contributed by atoms with Crippen LogP contribution >= 0.6 is 23.5 Å². The van der Waals surface area contributed by atoms with Crippen molar-refractivity contribution in [2.45, 2.75) is 58.1 Å². The van der Waals surface area contributed by atoms with Crippen molar-refractivity contribution in [3.63, 3.8) is 0 Å². The lowest BCUT2D eigenvalue weighted by atomic mass is 9.82. The molecule has 0 unspecified atom stereocenters. The zero-order chi connectivity index (χ0) is 47.6. The summed E-state index contributed by atoms with van der Waals surface area (Å²) in [5.74, 6) is 2.96. The molecule has 10 aromatic carbocycles. The van der Waals surface area contributed by atoms with Crippen LogP contribution in [0, 0.1) is 0 Å². The van der Waals surface area contributed by atoms with Crippen LogP contribution in [-0.4, -0.2) is 0 Å². The Kier molecular flexibility index (Phi) is 9.46. The Labute approximate surface area is 423 Å². The molecule has 5 heteroatoms. The van der Waals surface area contributed by atoms with E-state index in [0.29, 0.717) is 5.75 Å². The molecule has 0 amide bonds. The molecule has 340 valence electrons. The molecule has 3 nitrogen and oxygen atoms in total. The average molecular weight is 950 g/mol. The van der Waals surface area contributed by atoms with Gasteiger partial charge in [0.15, 0.2) is 23.0 Å². The van der Waals surface area contributed by atoms with Gasteiger partial charge >= 0.3 is 0 Å². The largest absolute Gasteiger partial charge is 0.449 e. The van der Waals surface area contributed by atoms with E-state index < -0.39 is 0 Å². The first-order chi connectivity index (χ1) is 34.7. The number of ether oxygens (including phenoxy) is 2. The van der Waals surface area contributed by atoms with E-state index in [1.807, 2.05) is 29.6 Å². The van der Waals surface area contributed by atoms with E-state index in [2.05, 4.69) is 239 Å². The van der Waals surface area contributed by atoms with Gasteiger partial charge in [-0.2, -0.15) is 0 Å². The fraction of sp³-hybridized carbons (Fsp3) is 0.0909. The van der Waals surface area contributed by atoms with Gasteiger partial charge in [-0.1, -0.05) is 203 Å². The maximum absolute atomic E-state index is 7.02. The van der Waals surface area contributed by atoms with Crippen LogP contribution in [0.25, 0.3) is 55.6 Å². The highest BCUT2D eigenvalue weighted by Crippen LogP contribution is 2.61. The molecule has 2 aliphatic carbocycles. The standard InChI is InChI=1S/C66H47NO2S2/c1-65(2)51-20-10-8-16-49(51)59-53(65)36-38-56-62(59)69-61-47(18-12-22-55(61)68-56)42-26-32-45(33-27-42)67(44-30-24-41(25-31-44)40-14-6-5-7-15-40)46-34-28-43(29-35-46)48-19-13-23-57-63(48)71-64-58(70-57)39-37-54-60(64)50-17-9-11-21-52(50)66(54,3)4/h5-39H,1-4H3. The van der Waals surface area contributed by atoms with Gasteiger partial charge in [-0.15, -0.1) is 0 Å². The second kappa shape index (κ2) is 15.9. The van der Waals surface area contributed by atoms with Crippen LogP contribution in [0.1, 0.15) is 49.9 Å². The third kappa shape index (κ3) is 6.53. The Bertz CT molecular complexity index is 3590. The van der Waals surface area contributed by atoms with Crippen molar-refractivity contribution in [3.8, 4) is 78.6 Å². The van der Waals surface area contributed by atoms with Crippen LogP contribution in [0.15, 0.2) is 232 Å². The van der Waals surface area contributed by atoms with Crippen LogP contribution < -0.4 is 14.4 Å². The van der Waals surface area contributed by atoms with Crippen molar-refractivity contribution < 1.29 is 9.47 Å². The van der Waals surface area contributed by atoms with E-state index in [0.717, 1.165) is 51.0 Å². The van der Waals surface area contributed by atoms with Crippen molar-refractivity contribution in [1.82, 2.24) is 0 Å². The highest BCUT2D eigenvalue weighted by atomic mass is 32.2. The first-order valence-corrected chi connectivity index (χ1v) is 26.0. The van der Waals surface area contributed by atoms with Gasteiger partial charge in [0.2, 0.25) is 0 Å². The summed E-state index contributed by atoms with van der Waals surface area (Å²) >= 11 is 3.83. The van der Waals surface area contributed by atoms with Crippen molar-refractivity contribution in [2.75, 3.05) is 4.90 Å². The average Bonchev–Trinajstić information content (AvgIpc) is 3.80. The van der Waals surface area contributed by atoms with Crippen LogP contribution in [0.2, 0.25) is 0 Å². The fourth-order valence-electron chi connectivity index (χ4n) is 11.6. The molecule has 0 fully saturated rings. The molecule has 0 saturated carbocycles. The Hall–Kier alpha value is -7.70. The molecular weight excluding hydrogens is 903 g/mol. The van der Waals surface area contributed by atoms with E-state index in [9.17, 15) is 0 Å². The number of nitrogens with zero attached hydrogens (tertiary/aromatic N) is 1. The molecule has 0 radical (unpaired) electrons. The molecule has 0 atom stereocenters. The minimum atomic E-state index is -0.147. The topological polar surface area (TPSA) is 21.7 Å². The second-order valence-electron chi connectivity index (χ2n) is 20.0. The predicted molar refractivity (Wildman–Crippen MR) is 294 cm³/mol. The molecule has 0 spiro atoms. The Balaban J connectivity index is 0.819. The molecule has 0 saturated heterocycles. The molecule has 4 aliphatic rings. The quantitative estimate of drug-likeness (QED) is 0.165. The lowest BCUT2D eigenvalue weighted by molar-refractivity contribution is 0.361. The number of rotatable bonds is 6. The molecule has 2 heterocycles. The van der Waals surface area contributed by atoms with Gasteiger partial charge in [-0.3, -0.25) is 0 Å². The van der Waals surface area contributed by atoms with Gasteiger partial charge in [-0.25, -0.2) is 0 Å². The number of para-hydroxylation sites is 1. The predicted octanol–water partition coefficient (Wildman–Crippen LogP) is 19.3. The Morgan fingerprint density at radius 1 is 0.324 bits per heavy atom. The summed E-state index contributed by atoms with van der Waals surface area (Å²) < 4.78 is 13.7. The smallest absolute Gasteiger partial charge is 0.178 e. The number of benzene rings is 10. The van der Waals surface area contributed by atoms with E-state index in [1.54, 1.807) is 0 Å². The molecule has 71 heavy (non-hydrogen) atoms. The highest BCUT2D eigenvalue weighted by molar-refractivity contribution is 8.05. The van der Waals surface area contributed by atoms with E-state index >= 15 is 0 Å². The van der Waals surface area contributed by atoms with Crippen molar-refractivity contribution >= 4 is 40.6 Å². The number of fused-ring (bicyclic) bond motifs is 12. The van der Waals surface area contributed by atoms with Gasteiger partial charge < -0.3 is 14.4 Å². The molecular formula is C66H47NO2S2. The first kappa shape index (κ1) is 42.2. The summed E-state index contributed by atoms with van der Waals surface area (Å²) in [5.41, 5.74) is 20.3. The zero-order valence-corrected chi connectivity index (χ0v) is 41.4.